The van der Waals surface area contributed by atoms with E-state index < -0.39 is 0 Å². The third kappa shape index (κ3) is 3.21. The Morgan fingerprint density at radius 3 is 2.64 bits per heavy atom. The van der Waals surface area contributed by atoms with Gasteiger partial charge in [-0.1, -0.05) is 6.92 Å². The molecule has 0 aromatic heterocycles. The van der Waals surface area contributed by atoms with Crippen LogP contribution >= 0.6 is 0 Å². The minimum absolute atomic E-state index is 0.0144. The van der Waals surface area contributed by atoms with E-state index in [9.17, 15) is 5.11 Å². The molecule has 0 radical (unpaired) electrons. The summed E-state index contributed by atoms with van der Waals surface area (Å²) < 4.78 is 5.47. The summed E-state index contributed by atoms with van der Waals surface area (Å²) in [5, 5.41) is 9.33. The summed E-state index contributed by atoms with van der Waals surface area (Å²) in [6.45, 7) is 4.76. The van der Waals surface area contributed by atoms with Gasteiger partial charge in [-0.2, -0.15) is 0 Å². The molecule has 1 aliphatic rings. The fourth-order valence-electron chi connectivity index (χ4n) is 1.02. The van der Waals surface area contributed by atoms with E-state index in [0.29, 0.717) is 0 Å². The van der Waals surface area contributed by atoms with Crippen LogP contribution in [0.4, 0.5) is 0 Å². The number of aliphatic hydroxyl groups is 1. The minimum atomic E-state index is -0.284. The van der Waals surface area contributed by atoms with Crippen LogP contribution in [0.1, 0.15) is 33.1 Å². The van der Waals surface area contributed by atoms with E-state index in [4.69, 9.17) is 4.74 Å². The molecule has 0 spiro atoms. The van der Waals surface area contributed by atoms with Gasteiger partial charge in [0.25, 0.3) is 0 Å². The Labute approximate surface area is 68.6 Å². The van der Waals surface area contributed by atoms with Gasteiger partial charge in [0.2, 0.25) is 0 Å². The van der Waals surface area contributed by atoms with Crippen LogP contribution in [-0.4, -0.2) is 23.9 Å². The maximum absolute atomic E-state index is 9.33. The Morgan fingerprint density at radius 1 is 1.55 bits per heavy atom. The second kappa shape index (κ2) is 4.07. The average molecular weight is 158 g/mol. The Morgan fingerprint density at radius 2 is 2.18 bits per heavy atom. The number of ether oxygens (including phenoxy) is 1. The summed E-state index contributed by atoms with van der Waals surface area (Å²) in [4.78, 5) is 0. The topological polar surface area (TPSA) is 29.5 Å². The van der Waals surface area contributed by atoms with Gasteiger partial charge >= 0.3 is 0 Å². The highest BCUT2D eigenvalue weighted by Gasteiger charge is 2.23. The van der Waals surface area contributed by atoms with Crippen molar-refractivity contribution in [1.82, 2.24) is 0 Å². The molecule has 1 N–H and O–H groups in total. The molecule has 0 aliphatic heterocycles. The van der Waals surface area contributed by atoms with Gasteiger partial charge in [-0.3, -0.25) is 0 Å². The van der Waals surface area contributed by atoms with Crippen molar-refractivity contribution < 1.29 is 9.84 Å². The van der Waals surface area contributed by atoms with Crippen LogP contribution in [0.15, 0.2) is 0 Å². The molecule has 2 atom stereocenters. The molecule has 1 saturated carbocycles. The van der Waals surface area contributed by atoms with Crippen LogP contribution in [0.5, 0.6) is 0 Å². The van der Waals surface area contributed by atoms with Crippen LogP contribution in [-0.2, 0) is 4.74 Å². The lowest BCUT2D eigenvalue weighted by molar-refractivity contribution is -0.0315. The highest BCUT2D eigenvalue weighted by molar-refractivity contribution is 4.73. The zero-order chi connectivity index (χ0) is 8.27. The fraction of sp³-hybridized carbons (Fsp3) is 1.00. The van der Waals surface area contributed by atoms with Crippen LogP contribution in [0.25, 0.3) is 0 Å². The first-order valence-corrected chi connectivity index (χ1v) is 4.53. The number of rotatable bonds is 5. The van der Waals surface area contributed by atoms with Gasteiger partial charge in [0.1, 0.15) is 0 Å². The summed E-state index contributed by atoms with van der Waals surface area (Å²) in [5.74, 6) is 0.793. The Balaban J connectivity index is 2.03. The number of aliphatic hydroxyl groups excluding tert-OH is 1. The largest absolute Gasteiger partial charge is 0.390 e. The number of hydrogen-bond acceptors (Lipinski definition) is 2. The smallest absolute Gasteiger partial charge is 0.0805 e. The van der Waals surface area contributed by atoms with E-state index >= 15 is 0 Å². The van der Waals surface area contributed by atoms with Crippen molar-refractivity contribution in [2.75, 3.05) is 6.61 Å². The molecule has 1 fully saturated rings. The zero-order valence-corrected chi connectivity index (χ0v) is 7.42. The first-order chi connectivity index (χ1) is 5.24. The molecule has 11 heavy (non-hydrogen) atoms. The van der Waals surface area contributed by atoms with E-state index in [2.05, 4.69) is 0 Å². The molecule has 0 bridgehead atoms. The normalized spacial score (nSPS) is 23.2. The molecule has 66 valence electrons. The van der Waals surface area contributed by atoms with Crippen molar-refractivity contribution in [3.8, 4) is 0 Å². The van der Waals surface area contributed by atoms with Gasteiger partial charge in [-0.05, 0) is 32.1 Å². The van der Waals surface area contributed by atoms with Gasteiger partial charge in [0.15, 0.2) is 0 Å². The van der Waals surface area contributed by atoms with Gasteiger partial charge in [0.05, 0.1) is 12.2 Å². The Bertz CT molecular complexity index is 110. The molecule has 0 amide bonds. The molecule has 1 aliphatic carbocycles. The molecule has 1 rings (SSSR count). The summed E-state index contributed by atoms with van der Waals surface area (Å²) >= 11 is 0. The van der Waals surface area contributed by atoms with Crippen molar-refractivity contribution in [2.24, 2.45) is 5.92 Å². The fourth-order valence-corrected chi connectivity index (χ4v) is 1.02. The van der Waals surface area contributed by atoms with Gasteiger partial charge in [-0.25, -0.2) is 0 Å². The molecule has 0 aromatic carbocycles. The lowest BCUT2D eigenvalue weighted by Crippen LogP contribution is -2.25. The molecular weight excluding hydrogens is 140 g/mol. The first-order valence-electron chi connectivity index (χ1n) is 4.53. The maximum atomic E-state index is 9.33. The summed E-state index contributed by atoms with van der Waals surface area (Å²) in [7, 11) is 0. The molecular formula is C9H18O2. The molecule has 2 heteroatoms. The van der Waals surface area contributed by atoms with Crippen molar-refractivity contribution >= 4 is 0 Å². The van der Waals surface area contributed by atoms with Crippen LogP contribution in [0.3, 0.4) is 0 Å². The average Bonchev–Trinajstić information content (AvgIpc) is 2.81. The standard InChI is InChI=1S/C9H18O2/c1-3-9(10)7(2)11-6-8-4-5-8/h7-10H,3-6H2,1-2H3. The van der Waals surface area contributed by atoms with E-state index in [-0.39, 0.29) is 12.2 Å². The highest BCUT2D eigenvalue weighted by atomic mass is 16.5. The van der Waals surface area contributed by atoms with Crippen molar-refractivity contribution in [3.05, 3.63) is 0 Å². The van der Waals surface area contributed by atoms with E-state index in [1.165, 1.54) is 12.8 Å². The lowest BCUT2D eigenvalue weighted by atomic mass is 10.2. The summed E-state index contributed by atoms with van der Waals surface area (Å²) in [6.07, 6.45) is 3.14. The van der Waals surface area contributed by atoms with E-state index in [1.54, 1.807) is 0 Å². The second-order valence-electron chi connectivity index (χ2n) is 3.46. The van der Waals surface area contributed by atoms with Crippen LogP contribution in [0, 0.1) is 5.92 Å². The van der Waals surface area contributed by atoms with Gasteiger partial charge in [-0.15, -0.1) is 0 Å². The summed E-state index contributed by atoms with van der Waals surface area (Å²) in [6, 6.07) is 0. The number of hydrogen-bond donors (Lipinski definition) is 1. The SMILES string of the molecule is CCC(O)C(C)OCC1CC1. The monoisotopic (exact) mass is 158 g/mol. The van der Waals surface area contributed by atoms with E-state index in [1.807, 2.05) is 13.8 Å². The van der Waals surface area contributed by atoms with Crippen LogP contribution < -0.4 is 0 Å². The maximum Gasteiger partial charge on any atom is 0.0805 e. The Hall–Kier alpha value is -0.0800. The summed E-state index contributed by atoms with van der Waals surface area (Å²) in [5.41, 5.74) is 0. The second-order valence-corrected chi connectivity index (χ2v) is 3.46. The molecule has 0 heterocycles. The third-order valence-electron chi connectivity index (χ3n) is 2.25. The highest BCUT2D eigenvalue weighted by Crippen LogP contribution is 2.29. The van der Waals surface area contributed by atoms with Crippen molar-refractivity contribution in [2.45, 2.75) is 45.3 Å². The molecule has 2 unspecified atom stereocenters. The minimum Gasteiger partial charge on any atom is -0.390 e. The predicted molar refractivity (Wildman–Crippen MR) is 44.4 cm³/mol. The predicted octanol–water partition coefficient (Wildman–Crippen LogP) is 1.57. The van der Waals surface area contributed by atoms with Gasteiger partial charge in [0, 0.05) is 6.61 Å². The first kappa shape index (κ1) is 9.01. The lowest BCUT2D eigenvalue weighted by Gasteiger charge is -2.17. The quantitative estimate of drug-likeness (QED) is 0.658. The van der Waals surface area contributed by atoms with Gasteiger partial charge < -0.3 is 9.84 Å². The molecule has 0 aromatic rings. The molecule has 2 nitrogen and oxygen atoms in total. The zero-order valence-electron chi connectivity index (χ0n) is 7.42. The van der Waals surface area contributed by atoms with Crippen molar-refractivity contribution in [1.29, 1.82) is 0 Å². The molecule has 0 saturated heterocycles. The van der Waals surface area contributed by atoms with E-state index in [0.717, 1.165) is 18.9 Å². The van der Waals surface area contributed by atoms with Crippen molar-refractivity contribution in [3.63, 3.8) is 0 Å². The Kier molecular flexibility index (Phi) is 3.34. The third-order valence-corrected chi connectivity index (χ3v) is 2.25. The van der Waals surface area contributed by atoms with Crippen LogP contribution in [0.2, 0.25) is 0 Å².